The van der Waals surface area contributed by atoms with Gasteiger partial charge >= 0.3 is 22.1 Å². The van der Waals surface area contributed by atoms with Gasteiger partial charge in [-0.2, -0.15) is 8.42 Å². The number of aliphatic carboxylic acids is 1. The van der Waals surface area contributed by atoms with Gasteiger partial charge in [-0.05, 0) is 6.42 Å². The smallest absolute Gasteiger partial charge is 0.322 e. The zero-order valence-electron chi connectivity index (χ0n) is 8.46. The van der Waals surface area contributed by atoms with E-state index in [9.17, 15) is 18.0 Å². The van der Waals surface area contributed by atoms with Gasteiger partial charge in [0.25, 0.3) is 0 Å². The maximum atomic E-state index is 11.0. The molecule has 0 unspecified atom stereocenters. The molecule has 0 aliphatic carbocycles. The fourth-order valence-electron chi connectivity index (χ4n) is 0.766. The van der Waals surface area contributed by atoms with Crippen LogP contribution >= 0.6 is 0 Å². The van der Waals surface area contributed by atoms with E-state index in [-0.39, 0.29) is 19.4 Å². The minimum atomic E-state index is -3.96. The highest BCUT2D eigenvalue weighted by atomic mass is 32.2. The van der Waals surface area contributed by atoms with Crippen molar-refractivity contribution in [3.05, 3.63) is 0 Å². The molecule has 0 rings (SSSR count). The van der Waals surface area contributed by atoms with Crippen LogP contribution in [-0.4, -0.2) is 43.8 Å². The molecule has 0 bridgehead atoms. The third-order valence-corrected chi connectivity index (χ3v) is 2.74. The summed E-state index contributed by atoms with van der Waals surface area (Å²) >= 11 is 0. The fraction of sp³-hybridized carbons (Fsp3) is 0.714. The number of hydrogen-bond donors (Lipinski definition) is 3. The molecule has 0 saturated carbocycles. The number of carboxylic acids is 1. The lowest BCUT2D eigenvalue weighted by Gasteiger charge is -2.06. The number of hydrogen-bond acceptors (Lipinski definition) is 7. The Balaban J connectivity index is 4.06. The molecule has 9 heteroatoms. The molecule has 0 spiro atoms. The normalized spacial score (nSPS) is 13.1. The molecule has 0 saturated heterocycles. The maximum Gasteiger partial charge on any atom is 0.322 e. The Morgan fingerprint density at radius 3 is 2.38 bits per heavy atom. The molecular weight excluding hydrogens is 240 g/mol. The highest BCUT2D eigenvalue weighted by molar-refractivity contribution is 7.87. The standard InChI is InChI=1S/C7H14N2O6S/c8-3-4-16(13,14)15-6(10)2-1-5(9)7(11)12/h5H,1-4,8-9H2,(H,11,12)/t5-/m0/s1. The molecule has 16 heavy (non-hydrogen) atoms. The third kappa shape index (κ3) is 6.32. The van der Waals surface area contributed by atoms with Gasteiger partial charge in [0, 0.05) is 13.0 Å². The fourth-order valence-corrected chi connectivity index (χ4v) is 1.50. The van der Waals surface area contributed by atoms with Crippen LogP contribution in [0.25, 0.3) is 0 Å². The van der Waals surface area contributed by atoms with E-state index in [0.717, 1.165) is 0 Å². The van der Waals surface area contributed by atoms with E-state index in [1.807, 2.05) is 0 Å². The second-order valence-corrected chi connectivity index (χ2v) is 4.68. The van der Waals surface area contributed by atoms with Gasteiger partial charge in [0.05, 0.1) is 5.75 Å². The van der Waals surface area contributed by atoms with Gasteiger partial charge < -0.3 is 20.8 Å². The lowest BCUT2D eigenvalue weighted by atomic mass is 10.2. The Kier molecular flexibility index (Phi) is 5.93. The van der Waals surface area contributed by atoms with Crippen LogP contribution < -0.4 is 11.5 Å². The van der Waals surface area contributed by atoms with Gasteiger partial charge in [0.2, 0.25) is 0 Å². The summed E-state index contributed by atoms with van der Waals surface area (Å²) in [6, 6.07) is -1.22. The molecule has 8 nitrogen and oxygen atoms in total. The van der Waals surface area contributed by atoms with E-state index in [2.05, 4.69) is 4.18 Å². The summed E-state index contributed by atoms with van der Waals surface area (Å²) < 4.78 is 26.0. The number of carboxylic acid groups (broad SMARTS) is 1. The number of rotatable bonds is 7. The minimum absolute atomic E-state index is 0.162. The van der Waals surface area contributed by atoms with Crippen molar-refractivity contribution in [2.75, 3.05) is 12.3 Å². The second kappa shape index (κ2) is 6.40. The van der Waals surface area contributed by atoms with Gasteiger partial charge in [-0.15, -0.1) is 0 Å². The van der Waals surface area contributed by atoms with Crippen molar-refractivity contribution >= 4 is 22.1 Å². The molecule has 0 fully saturated rings. The van der Waals surface area contributed by atoms with Crippen LogP contribution in [0, 0.1) is 0 Å². The molecule has 0 heterocycles. The summed E-state index contributed by atoms with van der Waals surface area (Å²) in [5.41, 5.74) is 10.1. The molecule has 0 aromatic heterocycles. The van der Waals surface area contributed by atoms with E-state index < -0.39 is 33.9 Å². The molecule has 0 amide bonds. The molecule has 0 aromatic rings. The van der Waals surface area contributed by atoms with E-state index in [1.54, 1.807) is 0 Å². The van der Waals surface area contributed by atoms with Gasteiger partial charge in [-0.3, -0.25) is 9.59 Å². The van der Waals surface area contributed by atoms with Crippen LogP contribution in [0.4, 0.5) is 0 Å². The van der Waals surface area contributed by atoms with Crippen molar-refractivity contribution in [1.29, 1.82) is 0 Å². The van der Waals surface area contributed by atoms with Gasteiger partial charge in [0.1, 0.15) is 6.04 Å². The first-order valence-electron chi connectivity index (χ1n) is 4.42. The van der Waals surface area contributed by atoms with Gasteiger partial charge in [-0.1, -0.05) is 0 Å². The Morgan fingerprint density at radius 2 is 1.94 bits per heavy atom. The van der Waals surface area contributed by atoms with Gasteiger partial charge in [0.15, 0.2) is 0 Å². The summed E-state index contributed by atoms with van der Waals surface area (Å²) in [6.45, 7) is -0.162. The monoisotopic (exact) mass is 254 g/mol. The molecule has 5 N–H and O–H groups in total. The Hall–Kier alpha value is -1.19. The highest BCUT2D eigenvalue weighted by Gasteiger charge is 2.19. The average Bonchev–Trinajstić information content (AvgIpc) is 2.12. The Bertz CT molecular complexity index is 352. The van der Waals surface area contributed by atoms with Crippen LogP contribution in [-0.2, 0) is 23.9 Å². The van der Waals surface area contributed by atoms with Crippen LogP contribution in [0.2, 0.25) is 0 Å². The summed E-state index contributed by atoms with van der Waals surface area (Å²) in [6.07, 6.45) is -0.566. The van der Waals surface area contributed by atoms with Crippen LogP contribution in [0.15, 0.2) is 0 Å². The lowest BCUT2D eigenvalue weighted by Crippen LogP contribution is -2.31. The molecule has 0 aliphatic heterocycles. The van der Waals surface area contributed by atoms with Gasteiger partial charge in [-0.25, -0.2) is 0 Å². The summed E-state index contributed by atoms with van der Waals surface area (Å²) in [4.78, 5) is 21.3. The van der Waals surface area contributed by atoms with Crippen molar-refractivity contribution < 1.29 is 27.3 Å². The molecule has 0 aliphatic rings. The predicted octanol–water partition coefficient (Wildman–Crippen LogP) is -1.99. The first-order valence-corrected chi connectivity index (χ1v) is 5.99. The first kappa shape index (κ1) is 14.8. The summed E-state index contributed by atoms with van der Waals surface area (Å²) in [7, 11) is -3.96. The van der Waals surface area contributed by atoms with Crippen LogP contribution in [0.1, 0.15) is 12.8 Å². The zero-order valence-corrected chi connectivity index (χ0v) is 9.27. The predicted molar refractivity (Wildman–Crippen MR) is 53.8 cm³/mol. The number of carbonyl (C=O) groups excluding carboxylic acids is 1. The van der Waals surface area contributed by atoms with E-state index >= 15 is 0 Å². The number of carbonyl (C=O) groups is 2. The topological polar surface area (TPSA) is 150 Å². The van der Waals surface area contributed by atoms with Crippen molar-refractivity contribution in [2.45, 2.75) is 18.9 Å². The minimum Gasteiger partial charge on any atom is -0.480 e. The first-order chi connectivity index (χ1) is 7.28. The van der Waals surface area contributed by atoms with E-state index in [1.165, 1.54) is 0 Å². The average molecular weight is 254 g/mol. The molecule has 0 radical (unpaired) electrons. The second-order valence-electron chi connectivity index (χ2n) is 2.99. The maximum absolute atomic E-state index is 11.0. The molecule has 1 atom stereocenters. The zero-order chi connectivity index (χ0) is 12.8. The molecular formula is C7H14N2O6S. The SMILES string of the molecule is NCCS(=O)(=O)OC(=O)CC[C@H](N)C(=O)O. The Morgan fingerprint density at radius 1 is 1.38 bits per heavy atom. The summed E-state index contributed by atoms with van der Waals surface area (Å²) in [5.74, 6) is -2.77. The molecule has 0 aromatic carbocycles. The van der Waals surface area contributed by atoms with Crippen molar-refractivity contribution in [3.63, 3.8) is 0 Å². The van der Waals surface area contributed by atoms with Crippen molar-refractivity contribution in [3.8, 4) is 0 Å². The van der Waals surface area contributed by atoms with Crippen LogP contribution in [0.3, 0.4) is 0 Å². The van der Waals surface area contributed by atoms with Crippen molar-refractivity contribution in [1.82, 2.24) is 0 Å². The number of nitrogens with two attached hydrogens (primary N) is 2. The lowest BCUT2D eigenvalue weighted by molar-refractivity contribution is -0.139. The van der Waals surface area contributed by atoms with Crippen LogP contribution in [0.5, 0.6) is 0 Å². The van der Waals surface area contributed by atoms with E-state index in [0.29, 0.717) is 0 Å². The Labute approximate surface area is 92.7 Å². The van der Waals surface area contributed by atoms with E-state index in [4.69, 9.17) is 16.6 Å². The molecule has 94 valence electrons. The largest absolute Gasteiger partial charge is 0.480 e. The highest BCUT2D eigenvalue weighted by Crippen LogP contribution is 2.01. The summed E-state index contributed by atoms with van der Waals surface area (Å²) in [5, 5.41) is 8.40. The third-order valence-electron chi connectivity index (χ3n) is 1.56. The quantitative estimate of drug-likeness (QED) is 0.442. The van der Waals surface area contributed by atoms with Crippen molar-refractivity contribution in [2.24, 2.45) is 11.5 Å².